The summed E-state index contributed by atoms with van der Waals surface area (Å²) in [6.07, 6.45) is 17.5. The minimum Gasteiger partial charge on any atom is -0.483 e. The third kappa shape index (κ3) is 28.3. The number of alkyl halides is 1. The molecule has 0 aromatic carbocycles. The van der Waals surface area contributed by atoms with Gasteiger partial charge in [0.15, 0.2) is 6.79 Å². The molecule has 0 aromatic rings. The molecule has 0 spiro atoms. The van der Waals surface area contributed by atoms with Crippen LogP contribution in [0.3, 0.4) is 0 Å². The molecule has 0 rings (SSSR count). The zero-order chi connectivity index (χ0) is 19.0. The predicted molar refractivity (Wildman–Crippen MR) is 102 cm³/mol. The summed E-state index contributed by atoms with van der Waals surface area (Å²) in [5.41, 5.74) is 0. The van der Waals surface area contributed by atoms with E-state index in [-0.39, 0.29) is 25.3 Å². The fourth-order valence-corrected chi connectivity index (χ4v) is 2.56. The molecule has 0 fully saturated rings. The van der Waals surface area contributed by atoms with Crippen molar-refractivity contribution in [3.05, 3.63) is 0 Å². The first-order valence-corrected chi connectivity index (χ1v) is 10.1. The van der Waals surface area contributed by atoms with Crippen LogP contribution in [0.4, 0.5) is 0 Å². The highest BCUT2D eigenvalue weighted by molar-refractivity contribution is 6.17. The van der Waals surface area contributed by atoms with Crippen LogP contribution in [0, 0.1) is 0 Å². The Labute approximate surface area is 158 Å². The predicted octanol–water partition coefficient (Wildman–Crippen LogP) is 5.88. The van der Waals surface area contributed by atoms with E-state index in [0.717, 1.165) is 12.8 Å². The normalized spacial score (nSPS) is 10.0. The average molecular weight is 381 g/mol. The van der Waals surface area contributed by atoms with Crippen LogP contribution in [0.1, 0.15) is 96.8 Å². The Morgan fingerprint density at radius 1 is 0.880 bits per heavy atom. The molecule has 0 amide bonds. The topological polar surface area (TPSA) is 72.8 Å². The van der Waals surface area contributed by atoms with Crippen molar-refractivity contribution in [2.24, 2.45) is 0 Å². The Bertz CT molecular complexity index is 275. The lowest BCUT2D eigenvalue weighted by molar-refractivity contribution is -0.154. The highest BCUT2D eigenvalue weighted by Gasteiger charge is 2.02. The van der Waals surface area contributed by atoms with Gasteiger partial charge in [-0.3, -0.25) is 9.59 Å². The van der Waals surface area contributed by atoms with Crippen LogP contribution in [-0.2, 0) is 19.1 Å². The highest BCUT2D eigenvalue weighted by atomic mass is 35.5. The van der Waals surface area contributed by atoms with E-state index in [9.17, 15) is 4.79 Å². The summed E-state index contributed by atoms with van der Waals surface area (Å²) in [5.74, 6) is -0.187. The number of carbonyl (C=O) groups excluding carboxylic acids is 1. The van der Waals surface area contributed by atoms with Crippen LogP contribution in [0.15, 0.2) is 0 Å². The fraction of sp³-hybridized carbons (Fsp3) is 0.895. The van der Waals surface area contributed by atoms with E-state index in [4.69, 9.17) is 31.0 Å². The lowest BCUT2D eigenvalue weighted by Gasteiger charge is -2.04. The molecule has 0 radical (unpaired) electrons. The van der Waals surface area contributed by atoms with E-state index in [1.807, 2.05) is 0 Å². The van der Waals surface area contributed by atoms with Gasteiger partial charge in [-0.2, -0.15) is 0 Å². The highest BCUT2D eigenvalue weighted by Crippen LogP contribution is 2.13. The molecule has 0 unspecified atom stereocenters. The van der Waals surface area contributed by atoms with Crippen molar-refractivity contribution in [1.29, 1.82) is 0 Å². The van der Waals surface area contributed by atoms with Crippen molar-refractivity contribution in [1.82, 2.24) is 0 Å². The molecule has 5 nitrogen and oxygen atoms in total. The maximum absolute atomic E-state index is 11.3. The second kappa shape index (κ2) is 25.4. The van der Waals surface area contributed by atoms with E-state index in [1.165, 1.54) is 70.6 Å². The van der Waals surface area contributed by atoms with Gasteiger partial charge in [0.25, 0.3) is 6.47 Å². The molecule has 25 heavy (non-hydrogen) atoms. The van der Waals surface area contributed by atoms with E-state index < -0.39 is 0 Å². The summed E-state index contributed by atoms with van der Waals surface area (Å²) < 4.78 is 9.59. The molecule has 1 N–H and O–H groups in total. The first-order chi connectivity index (χ1) is 12.2. The summed E-state index contributed by atoms with van der Waals surface area (Å²) in [4.78, 5) is 19.6. The minimum atomic E-state index is -0.250. The molecule has 0 saturated carbocycles. The minimum absolute atomic E-state index is 0.0270. The van der Waals surface area contributed by atoms with Gasteiger partial charge in [0.2, 0.25) is 0 Å². The number of esters is 1. The maximum atomic E-state index is 11.3. The van der Waals surface area contributed by atoms with Crippen LogP contribution in [0.2, 0.25) is 0 Å². The summed E-state index contributed by atoms with van der Waals surface area (Å²) >= 11 is 5.31. The van der Waals surface area contributed by atoms with Crippen molar-refractivity contribution < 1.29 is 24.2 Å². The molecule has 0 aliphatic heterocycles. The lowest BCUT2D eigenvalue weighted by Crippen LogP contribution is -2.07. The average Bonchev–Trinajstić information content (AvgIpc) is 2.60. The Kier molecular flexibility index (Phi) is 26.9. The Hall–Kier alpha value is -0.810. The van der Waals surface area contributed by atoms with Crippen LogP contribution >= 0.6 is 11.6 Å². The van der Waals surface area contributed by atoms with Crippen molar-refractivity contribution >= 4 is 24.0 Å². The van der Waals surface area contributed by atoms with Gasteiger partial charge in [-0.15, -0.1) is 0 Å². The second-order valence-electron chi connectivity index (χ2n) is 6.05. The molecule has 6 heteroatoms. The molecule has 0 atom stereocenters. The van der Waals surface area contributed by atoms with Gasteiger partial charge in [-0.05, 0) is 6.42 Å². The SMILES string of the molecule is CCCCCCCCCCCCCCCC(=O)OCOCCl.O=CO. The summed E-state index contributed by atoms with van der Waals surface area (Å²) in [7, 11) is 0. The third-order valence-corrected chi connectivity index (χ3v) is 4.02. The molecule has 0 saturated heterocycles. The van der Waals surface area contributed by atoms with E-state index >= 15 is 0 Å². The summed E-state index contributed by atoms with van der Waals surface area (Å²) in [6.45, 7) is 1.99. The molecule has 0 bridgehead atoms. The van der Waals surface area contributed by atoms with Gasteiger partial charge in [-0.25, -0.2) is 0 Å². The van der Waals surface area contributed by atoms with Crippen LogP contribution < -0.4 is 0 Å². The first kappa shape index (κ1) is 26.4. The zero-order valence-electron chi connectivity index (χ0n) is 15.8. The fourth-order valence-electron chi connectivity index (χ4n) is 2.50. The smallest absolute Gasteiger partial charge is 0.307 e. The molecule has 0 heterocycles. The number of carboxylic acid groups (broad SMARTS) is 1. The van der Waals surface area contributed by atoms with Crippen molar-refractivity contribution in [3.63, 3.8) is 0 Å². The summed E-state index contributed by atoms with van der Waals surface area (Å²) in [6, 6.07) is 0.0615. The van der Waals surface area contributed by atoms with Gasteiger partial charge in [0, 0.05) is 6.42 Å². The Morgan fingerprint density at radius 2 is 1.28 bits per heavy atom. The summed E-state index contributed by atoms with van der Waals surface area (Å²) in [5, 5.41) is 6.89. The van der Waals surface area contributed by atoms with Crippen LogP contribution in [0.25, 0.3) is 0 Å². The van der Waals surface area contributed by atoms with Crippen LogP contribution in [0.5, 0.6) is 0 Å². The van der Waals surface area contributed by atoms with Gasteiger partial charge in [0.1, 0.15) is 6.07 Å². The molecular weight excluding hydrogens is 344 g/mol. The molecular formula is C19H37ClO5. The van der Waals surface area contributed by atoms with Gasteiger partial charge in [-0.1, -0.05) is 95.6 Å². The molecule has 0 aliphatic rings. The Balaban J connectivity index is 0. The van der Waals surface area contributed by atoms with Crippen molar-refractivity contribution in [2.75, 3.05) is 12.9 Å². The second-order valence-corrected chi connectivity index (χ2v) is 6.26. The van der Waals surface area contributed by atoms with E-state index in [0.29, 0.717) is 6.42 Å². The quantitative estimate of drug-likeness (QED) is 0.112. The number of ether oxygens (including phenoxy) is 2. The van der Waals surface area contributed by atoms with E-state index in [1.54, 1.807) is 0 Å². The number of rotatable bonds is 17. The maximum Gasteiger partial charge on any atom is 0.307 e. The number of hydrogen-bond donors (Lipinski definition) is 1. The number of hydrogen-bond acceptors (Lipinski definition) is 4. The number of halogens is 1. The number of unbranched alkanes of at least 4 members (excludes halogenated alkanes) is 12. The first-order valence-electron chi connectivity index (χ1n) is 9.60. The largest absolute Gasteiger partial charge is 0.483 e. The Morgan fingerprint density at radius 3 is 1.68 bits per heavy atom. The lowest BCUT2D eigenvalue weighted by atomic mass is 10.0. The zero-order valence-corrected chi connectivity index (χ0v) is 16.6. The van der Waals surface area contributed by atoms with Crippen molar-refractivity contribution in [2.45, 2.75) is 96.8 Å². The third-order valence-electron chi connectivity index (χ3n) is 3.86. The standard InChI is InChI=1S/C18H35ClO3.CH2O2/c1-2-3-4-5-6-7-8-9-10-11-12-13-14-15-18(20)22-17-21-16-19;2-1-3/h2-17H2,1H3;1H,(H,2,3). The van der Waals surface area contributed by atoms with Gasteiger partial charge >= 0.3 is 5.97 Å². The van der Waals surface area contributed by atoms with Gasteiger partial charge < -0.3 is 14.6 Å². The molecule has 0 aliphatic carbocycles. The van der Waals surface area contributed by atoms with Crippen LogP contribution in [-0.4, -0.2) is 30.4 Å². The monoisotopic (exact) mass is 380 g/mol. The molecule has 0 aromatic heterocycles. The van der Waals surface area contributed by atoms with Crippen molar-refractivity contribution in [3.8, 4) is 0 Å². The molecule has 150 valence electrons. The van der Waals surface area contributed by atoms with Gasteiger partial charge in [0.05, 0.1) is 0 Å². The van der Waals surface area contributed by atoms with E-state index in [2.05, 4.69) is 6.92 Å². The number of carbonyl (C=O) groups is 2.